The molecule has 1 aromatic heterocycles. The highest BCUT2D eigenvalue weighted by atomic mass is 35.5. The summed E-state index contributed by atoms with van der Waals surface area (Å²) in [4.78, 5) is 28.6. The Labute approximate surface area is 187 Å². The number of benzene rings is 3. The van der Waals surface area contributed by atoms with E-state index < -0.39 is 11.9 Å². The average Bonchev–Trinajstić information content (AvgIpc) is 3.07. The Morgan fingerprint density at radius 2 is 1.71 bits per heavy atom. The number of carbonyl (C=O) groups excluding carboxylic acids is 1. The van der Waals surface area contributed by atoms with E-state index in [0.717, 1.165) is 0 Å². The van der Waals surface area contributed by atoms with E-state index in [2.05, 4.69) is 0 Å². The number of fused-ring (bicyclic) bond motifs is 2. The fraction of sp³-hybridized carbons (Fsp3) is 0.0833. The van der Waals surface area contributed by atoms with Crippen LogP contribution in [0.25, 0.3) is 11.0 Å². The van der Waals surface area contributed by atoms with Gasteiger partial charge in [-0.15, -0.1) is 0 Å². The van der Waals surface area contributed by atoms with Crippen molar-refractivity contribution in [3.8, 4) is 5.75 Å². The molecular formula is C24H15Cl2NO4. The first-order valence-corrected chi connectivity index (χ1v) is 10.2. The summed E-state index contributed by atoms with van der Waals surface area (Å²) in [6.45, 7) is 0. The standard InChI is InChI=1S/C24H15Cl2NO4/c1-30-17-7-2-4-13(10-17)21-20-22(28)18-12-15(26)8-9-19(18)31-23(20)24(29)27(21)16-6-3-5-14(25)11-16/h2-12,21H,1H3/t21-/m1/s1. The predicted molar refractivity (Wildman–Crippen MR) is 121 cm³/mol. The van der Waals surface area contributed by atoms with Gasteiger partial charge in [0.2, 0.25) is 5.76 Å². The molecule has 5 rings (SSSR count). The molecule has 4 aromatic rings. The SMILES string of the molecule is COc1cccc([C@@H]2c3c(oc4ccc(Cl)cc4c3=O)C(=O)N2c2cccc(Cl)c2)c1. The van der Waals surface area contributed by atoms with Gasteiger partial charge >= 0.3 is 0 Å². The first kappa shape index (κ1) is 19.7. The molecule has 1 aliphatic rings. The van der Waals surface area contributed by atoms with E-state index in [1.807, 2.05) is 12.1 Å². The lowest BCUT2D eigenvalue weighted by Crippen LogP contribution is -2.29. The zero-order valence-electron chi connectivity index (χ0n) is 16.3. The number of halogens is 2. The molecule has 2 heterocycles. The minimum atomic E-state index is -0.712. The highest BCUT2D eigenvalue weighted by molar-refractivity contribution is 6.31. The summed E-state index contributed by atoms with van der Waals surface area (Å²) in [6, 6.07) is 18.2. The molecule has 0 unspecified atom stereocenters. The zero-order chi connectivity index (χ0) is 21.7. The molecule has 1 aliphatic heterocycles. The number of anilines is 1. The van der Waals surface area contributed by atoms with Crippen LogP contribution in [0.2, 0.25) is 10.0 Å². The van der Waals surface area contributed by atoms with Gasteiger partial charge in [0.25, 0.3) is 5.91 Å². The molecule has 3 aromatic carbocycles. The van der Waals surface area contributed by atoms with Gasteiger partial charge in [0.05, 0.1) is 24.1 Å². The fourth-order valence-corrected chi connectivity index (χ4v) is 4.32. The topological polar surface area (TPSA) is 59.8 Å². The van der Waals surface area contributed by atoms with Gasteiger partial charge in [-0.25, -0.2) is 0 Å². The normalized spacial score (nSPS) is 15.4. The van der Waals surface area contributed by atoms with Crippen LogP contribution in [0.15, 0.2) is 75.9 Å². The Bertz CT molecular complexity index is 1410. The van der Waals surface area contributed by atoms with Gasteiger partial charge < -0.3 is 9.15 Å². The Morgan fingerprint density at radius 3 is 2.48 bits per heavy atom. The van der Waals surface area contributed by atoms with Crippen LogP contribution in [0.1, 0.15) is 27.7 Å². The molecule has 0 aliphatic carbocycles. The molecule has 7 heteroatoms. The number of carbonyl (C=O) groups is 1. The second-order valence-electron chi connectivity index (χ2n) is 7.15. The van der Waals surface area contributed by atoms with Crippen molar-refractivity contribution < 1.29 is 13.9 Å². The van der Waals surface area contributed by atoms with Gasteiger partial charge in [-0.3, -0.25) is 14.5 Å². The Hall–Kier alpha value is -3.28. The van der Waals surface area contributed by atoms with Crippen LogP contribution >= 0.6 is 23.2 Å². The molecule has 0 N–H and O–H groups in total. The van der Waals surface area contributed by atoms with Crippen LogP contribution in [-0.2, 0) is 0 Å². The first-order chi connectivity index (χ1) is 15.0. The summed E-state index contributed by atoms with van der Waals surface area (Å²) in [5.74, 6) is 0.198. The summed E-state index contributed by atoms with van der Waals surface area (Å²) >= 11 is 12.3. The summed E-state index contributed by atoms with van der Waals surface area (Å²) in [6.07, 6.45) is 0. The van der Waals surface area contributed by atoms with Crippen LogP contribution in [0.5, 0.6) is 5.75 Å². The average molecular weight is 452 g/mol. The first-order valence-electron chi connectivity index (χ1n) is 9.47. The molecule has 1 amide bonds. The molecule has 1 atom stereocenters. The molecule has 0 spiro atoms. The monoisotopic (exact) mass is 451 g/mol. The van der Waals surface area contributed by atoms with E-state index in [0.29, 0.717) is 38.0 Å². The van der Waals surface area contributed by atoms with Gasteiger partial charge in [-0.05, 0) is 54.1 Å². The van der Waals surface area contributed by atoms with Gasteiger partial charge in [0.15, 0.2) is 5.43 Å². The number of rotatable bonds is 3. The number of hydrogen-bond acceptors (Lipinski definition) is 4. The van der Waals surface area contributed by atoms with Gasteiger partial charge in [-0.1, -0.05) is 41.4 Å². The van der Waals surface area contributed by atoms with Crippen molar-refractivity contribution in [2.75, 3.05) is 12.0 Å². The minimum Gasteiger partial charge on any atom is -0.497 e. The number of nitrogens with zero attached hydrogens (tertiary/aromatic N) is 1. The smallest absolute Gasteiger partial charge is 0.295 e. The third-order valence-electron chi connectivity index (χ3n) is 5.33. The van der Waals surface area contributed by atoms with Gasteiger partial charge in [0.1, 0.15) is 11.3 Å². The van der Waals surface area contributed by atoms with E-state index in [1.165, 1.54) is 4.90 Å². The Balaban J connectivity index is 1.83. The van der Waals surface area contributed by atoms with Gasteiger partial charge in [0, 0.05) is 15.7 Å². The number of methoxy groups -OCH3 is 1. The summed E-state index contributed by atoms with van der Waals surface area (Å²) in [7, 11) is 1.56. The number of amides is 1. The van der Waals surface area contributed by atoms with Gasteiger partial charge in [-0.2, -0.15) is 0 Å². The lowest BCUT2D eigenvalue weighted by Gasteiger charge is -2.25. The van der Waals surface area contributed by atoms with Crippen molar-refractivity contribution in [2.24, 2.45) is 0 Å². The lowest BCUT2D eigenvalue weighted by molar-refractivity contribution is 0.0971. The van der Waals surface area contributed by atoms with Crippen LogP contribution < -0.4 is 15.1 Å². The largest absolute Gasteiger partial charge is 0.497 e. The van der Waals surface area contributed by atoms with Crippen LogP contribution in [0.4, 0.5) is 5.69 Å². The third-order valence-corrected chi connectivity index (χ3v) is 5.80. The van der Waals surface area contributed by atoms with Crippen molar-refractivity contribution in [3.05, 3.63) is 104 Å². The molecule has 0 bridgehead atoms. The molecule has 0 radical (unpaired) electrons. The maximum atomic E-state index is 13.5. The lowest BCUT2D eigenvalue weighted by atomic mass is 9.98. The Morgan fingerprint density at radius 1 is 0.935 bits per heavy atom. The second kappa shape index (κ2) is 7.45. The number of hydrogen-bond donors (Lipinski definition) is 0. The molecule has 5 nitrogen and oxygen atoms in total. The van der Waals surface area contributed by atoms with Crippen molar-refractivity contribution >= 4 is 45.8 Å². The Kier molecular flexibility index (Phi) is 4.73. The predicted octanol–water partition coefficient (Wildman–Crippen LogP) is 5.86. The zero-order valence-corrected chi connectivity index (χ0v) is 17.8. The molecular weight excluding hydrogens is 437 g/mol. The summed E-state index contributed by atoms with van der Waals surface area (Å²) in [5, 5.41) is 1.20. The second-order valence-corrected chi connectivity index (χ2v) is 8.02. The van der Waals surface area contributed by atoms with Crippen LogP contribution in [0.3, 0.4) is 0 Å². The maximum Gasteiger partial charge on any atom is 0.295 e. The molecule has 154 valence electrons. The van der Waals surface area contributed by atoms with E-state index in [4.69, 9.17) is 32.4 Å². The third kappa shape index (κ3) is 3.17. The number of ether oxygens (including phenoxy) is 1. The van der Waals surface area contributed by atoms with Crippen molar-refractivity contribution in [1.82, 2.24) is 0 Å². The quantitative estimate of drug-likeness (QED) is 0.391. The summed E-state index contributed by atoms with van der Waals surface area (Å²) < 4.78 is 11.3. The molecule has 0 saturated carbocycles. The van der Waals surface area contributed by atoms with Crippen molar-refractivity contribution in [1.29, 1.82) is 0 Å². The van der Waals surface area contributed by atoms with E-state index in [-0.39, 0.29) is 16.8 Å². The maximum absolute atomic E-state index is 13.5. The summed E-state index contributed by atoms with van der Waals surface area (Å²) in [5.41, 5.74) is 1.52. The van der Waals surface area contributed by atoms with Crippen LogP contribution in [0, 0.1) is 0 Å². The molecule has 0 fully saturated rings. The van der Waals surface area contributed by atoms with Crippen LogP contribution in [-0.4, -0.2) is 13.0 Å². The molecule has 31 heavy (non-hydrogen) atoms. The highest BCUT2D eigenvalue weighted by Crippen LogP contribution is 2.42. The fourth-order valence-electron chi connectivity index (χ4n) is 3.96. The van der Waals surface area contributed by atoms with E-state index in [1.54, 1.807) is 61.7 Å². The van der Waals surface area contributed by atoms with E-state index >= 15 is 0 Å². The van der Waals surface area contributed by atoms with Crippen molar-refractivity contribution in [2.45, 2.75) is 6.04 Å². The molecule has 0 saturated heterocycles. The minimum absolute atomic E-state index is 0.00705. The highest BCUT2D eigenvalue weighted by Gasteiger charge is 2.43. The van der Waals surface area contributed by atoms with E-state index in [9.17, 15) is 9.59 Å². The van der Waals surface area contributed by atoms with Crippen molar-refractivity contribution in [3.63, 3.8) is 0 Å².